The van der Waals surface area contributed by atoms with Crippen LogP contribution in [0.3, 0.4) is 0 Å². The standard InChI is InChI=1S/C23H25F3O2/c1-2-3-4-13-28-21-12-11-19(22(25)23(21)26)16-7-5-15(6-8-16)18-10-9-17(27)14-20(18)24/h2,9-12,14-16,27H,1,3-8,13H2. The van der Waals surface area contributed by atoms with E-state index in [-0.39, 0.29) is 23.3 Å². The molecule has 1 fully saturated rings. The summed E-state index contributed by atoms with van der Waals surface area (Å²) in [6.07, 6.45) is 5.89. The highest BCUT2D eigenvalue weighted by Crippen LogP contribution is 2.43. The van der Waals surface area contributed by atoms with E-state index in [2.05, 4.69) is 6.58 Å². The maximum absolute atomic E-state index is 14.6. The molecule has 0 aromatic heterocycles. The molecule has 0 heterocycles. The number of phenolic OH excluding ortho intramolecular Hbond substituents is 1. The third kappa shape index (κ3) is 4.51. The molecule has 2 aromatic rings. The highest BCUT2D eigenvalue weighted by molar-refractivity contribution is 5.34. The van der Waals surface area contributed by atoms with Crippen molar-refractivity contribution >= 4 is 0 Å². The van der Waals surface area contributed by atoms with Crippen molar-refractivity contribution < 1.29 is 23.0 Å². The second-order valence-corrected chi connectivity index (χ2v) is 7.31. The van der Waals surface area contributed by atoms with Gasteiger partial charge in [0.15, 0.2) is 11.6 Å². The zero-order valence-electron chi connectivity index (χ0n) is 15.8. The Hall–Kier alpha value is -2.43. The van der Waals surface area contributed by atoms with E-state index in [0.717, 1.165) is 12.5 Å². The normalized spacial score (nSPS) is 19.4. The monoisotopic (exact) mass is 390 g/mol. The van der Waals surface area contributed by atoms with Crippen LogP contribution in [0.2, 0.25) is 0 Å². The zero-order valence-corrected chi connectivity index (χ0v) is 15.8. The Morgan fingerprint density at radius 3 is 2.25 bits per heavy atom. The number of aromatic hydroxyl groups is 1. The molecule has 1 aliphatic rings. The van der Waals surface area contributed by atoms with Crippen LogP contribution in [-0.2, 0) is 0 Å². The van der Waals surface area contributed by atoms with Crippen molar-refractivity contribution in [2.24, 2.45) is 0 Å². The Labute approximate surface area is 163 Å². The van der Waals surface area contributed by atoms with Crippen molar-refractivity contribution in [3.8, 4) is 11.5 Å². The first-order valence-electron chi connectivity index (χ1n) is 9.71. The lowest BCUT2D eigenvalue weighted by molar-refractivity contribution is 0.289. The van der Waals surface area contributed by atoms with E-state index in [4.69, 9.17) is 4.74 Å². The SMILES string of the molecule is C=CCCCOc1ccc(C2CCC(c3ccc(O)cc3F)CC2)c(F)c1F. The van der Waals surface area contributed by atoms with Crippen LogP contribution in [0.15, 0.2) is 43.0 Å². The van der Waals surface area contributed by atoms with Gasteiger partial charge in [0, 0.05) is 6.07 Å². The van der Waals surface area contributed by atoms with E-state index in [1.54, 1.807) is 18.2 Å². The largest absolute Gasteiger partial charge is 0.508 e. The summed E-state index contributed by atoms with van der Waals surface area (Å²) in [5.41, 5.74) is 0.937. The summed E-state index contributed by atoms with van der Waals surface area (Å²) >= 11 is 0. The highest BCUT2D eigenvalue weighted by Gasteiger charge is 2.28. The molecular formula is C23H25F3O2. The van der Waals surface area contributed by atoms with Crippen LogP contribution in [0.5, 0.6) is 11.5 Å². The number of halogens is 3. The van der Waals surface area contributed by atoms with Crippen molar-refractivity contribution in [2.45, 2.75) is 50.4 Å². The Bertz CT molecular complexity index is 827. The van der Waals surface area contributed by atoms with Gasteiger partial charge in [-0.2, -0.15) is 4.39 Å². The predicted octanol–water partition coefficient (Wildman–Crippen LogP) is 6.60. The van der Waals surface area contributed by atoms with Crippen molar-refractivity contribution in [1.82, 2.24) is 0 Å². The minimum absolute atomic E-state index is 0.0252. The molecular weight excluding hydrogens is 365 g/mol. The van der Waals surface area contributed by atoms with Gasteiger partial charge in [-0.15, -0.1) is 6.58 Å². The van der Waals surface area contributed by atoms with E-state index in [1.807, 2.05) is 0 Å². The van der Waals surface area contributed by atoms with Crippen LogP contribution in [-0.4, -0.2) is 11.7 Å². The van der Waals surface area contributed by atoms with Crippen LogP contribution in [0, 0.1) is 17.5 Å². The first kappa shape index (κ1) is 20.3. The summed E-state index contributed by atoms with van der Waals surface area (Å²) in [6, 6.07) is 7.30. The third-order valence-corrected chi connectivity index (χ3v) is 5.48. The van der Waals surface area contributed by atoms with Crippen LogP contribution in [0.1, 0.15) is 61.5 Å². The second kappa shape index (κ2) is 9.18. The maximum atomic E-state index is 14.6. The number of hydrogen-bond donors (Lipinski definition) is 1. The van der Waals surface area contributed by atoms with Gasteiger partial charge in [-0.05, 0) is 73.6 Å². The van der Waals surface area contributed by atoms with Gasteiger partial charge < -0.3 is 9.84 Å². The smallest absolute Gasteiger partial charge is 0.200 e. The highest BCUT2D eigenvalue weighted by atomic mass is 19.2. The van der Waals surface area contributed by atoms with Gasteiger partial charge in [0.05, 0.1) is 6.61 Å². The third-order valence-electron chi connectivity index (χ3n) is 5.48. The first-order chi connectivity index (χ1) is 13.5. The molecule has 1 saturated carbocycles. The Balaban J connectivity index is 1.65. The minimum atomic E-state index is -0.942. The van der Waals surface area contributed by atoms with Crippen molar-refractivity contribution in [2.75, 3.05) is 6.61 Å². The number of ether oxygens (including phenoxy) is 1. The number of phenols is 1. The zero-order chi connectivity index (χ0) is 20.1. The molecule has 0 unspecified atom stereocenters. The van der Waals surface area contributed by atoms with Crippen molar-refractivity contribution in [3.05, 3.63) is 71.6 Å². The molecule has 0 radical (unpaired) electrons. The fraction of sp³-hybridized carbons (Fsp3) is 0.391. The molecule has 3 rings (SSSR count). The molecule has 1 N–H and O–H groups in total. The van der Waals surface area contributed by atoms with Crippen LogP contribution < -0.4 is 4.74 Å². The summed E-state index contributed by atoms with van der Waals surface area (Å²) in [5, 5.41) is 9.35. The van der Waals surface area contributed by atoms with E-state index >= 15 is 0 Å². The van der Waals surface area contributed by atoms with E-state index in [9.17, 15) is 18.3 Å². The number of rotatable bonds is 7. The molecule has 0 amide bonds. The number of allylic oxidation sites excluding steroid dienone is 1. The lowest BCUT2D eigenvalue weighted by Crippen LogP contribution is -2.15. The van der Waals surface area contributed by atoms with E-state index < -0.39 is 17.5 Å². The Kier molecular flexibility index (Phi) is 6.65. The molecule has 0 saturated heterocycles. The van der Waals surface area contributed by atoms with Crippen molar-refractivity contribution in [1.29, 1.82) is 0 Å². The van der Waals surface area contributed by atoms with Crippen LogP contribution in [0.25, 0.3) is 0 Å². The second-order valence-electron chi connectivity index (χ2n) is 7.31. The van der Waals surface area contributed by atoms with Crippen molar-refractivity contribution in [3.63, 3.8) is 0 Å². The molecule has 150 valence electrons. The predicted molar refractivity (Wildman–Crippen MR) is 103 cm³/mol. The molecule has 0 aliphatic heterocycles. The number of unbranched alkanes of at least 4 members (excludes halogenated alkanes) is 1. The van der Waals surface area contributed by atoms with Gasteiger partial charge in [0.1, 0.15) is 11.6 Å². The summed E-state index contributed by atoms with van der Waals surface area (Å²) < 4.78 is 48.4. The molecule has 0 bridgehead atoms. The minimum Gasteiger partial charge on any atom is -0.508 e. The Morgan fingerprint density at radius 1 is 0.964 bits per heavy atom. The van der Waals surface area contributed by atoms with Gasteiger partial charge in [0.25, 0.3) is 0 Å². The molecule has 0 spiro atoms. The Morgan fingerprint density at radius 2 is 1.61 bits per heavy atom. The van der Waals surface area contributed by atoms with E-state index in [0.29, 0.717) is 49.8 Å². The maximum Gasteiger partial charge on any atom is 0.200 e. The topological polar surface area (TPSA) is 29.5 Å². The summed E-state index contributed by atoms with van der Waals surface area (Å²) in [5.74, 6) is -2.44. The van der Waals surface area contributed by atoms with Gasteiger partial charge in [0.2, 0.25) is 5.82 Å². The fourth-order valence-corrected chi connectivity index (χ4v) is 3.95. The van der Waals surface area contributed by atoms with Gasteiger partial charge in [-0.25, -0.2) is 8.78 Å². The average Bonchev–Trinajstić information content (AvgIpc) is 2.69. The first-order valence-corrected chi connectivity index (χ1v) is 9.71. The molecule has 28 heavy (non-hydrogen) atoms. The molecule has 2 nitrogen and oxygen atoms in total. The fourth-order valence-electron chi connectivity index (χ4n) is 3.95. The number of benzene rings is 2. The van der Waals surface area contributed by atoms with Gasteiger partial charge in [-0.1, -0.05) is 18.2 Å². The molecule has 0 atom stereocenters. The summed E-state index contributed by atoms with van der Waals surface area (Å²) in [4.78, 5) is 0. The molecule has 5 heteroatoms. The average molecular weight is 390 g/mol. The molecule has 2 aromatic carbocycles. The quantitative estimate of drug-likeness (QED) is 0.426. The lowest BCUT2D eigenvalue weighted by Gasteiger charge is -2.29. The lowest BCUT2D eigenvalue weighted by atomic mass is 9.76. The number of hydrogen-bond acceptors (Lipinski definition) is 2. The van der Waals surface area contributed by atoms with E-state index in [1.165, 1.54) is 12.1 Å². The van der Waals surface area contributed by atoms with Gasteiger partial charge >= 0.3 is 0 Å². The molecule has 1 aliphatic carbocycles. The summed E-state index contributed by atoms with van der Waals surface area (Å²) in [7, 11) is 0. The summed E-state index contributed by atoms with van der Waals surface area (Å²) in [6.45, 7) is 3.92. The van der Waals surface area contributed by atoms with Gasteiger partial charge in [-0.3, -0.25) is 0 Å². The van der Waals surface area contributed by atoms with Crippen LogP contribution in [0.4, 0.5) is 13.2 Å². The van der Waals surface area contributed by atoms with Crippen LogP contribution >= 0.6 is 0 Å².